The van der Waals surface area contributed by atoms with Crippen LogP contribution in [-0.2, 0) is 0 Å². The molecule has 0 saturated heterocycles. The van der Waals surface area contributed by atoms with Crippen LogP contribution in [0.3, 0.4) is 0 Å². The Kier molecular flexibility index (Phi) is 3.92. The number of hydrogen-bond acceptors (Lipinski definition) is 4. The molecule has 108 valence electrons. The summed E-state index contributed by atoms with van der Waals surface area (Å²) in [5.41, 5.74) is 3.05. The lowest BCUT2D eigenvalue weighted by Gasteiger charge is -2.14. The fraction of sp³-hybridized carbons (Fsp3) is 0.312. The van der Waals surface area contributed by atoms with Gasteiger partial charge in [-0.1, -0.05) is 24.3 Å². The van der Waals surface area contributed by atoms with Crippen LogP contribution < -0.4 is 5.32 Å². The Bertz CT molecular complexity index is 734. The highest BCUT2D eigenvalue weighted by atomic mass is 15.4. The molecule has 0 radical (unpaired) electrons. The van der Waals surface area contributed by atoms with Crippen LogP contribution in [0.2, 0.25) is 0 Å². The van der Waals surface area contributed by atoms with Gasteiger partial charge in [0.2, 0.25) is 0 Å². The third-order valence-electron chi connectivity index (χ3n) is 3.54. The molecule has 0 spiro atoms. The number of rotatable bonds is 5. The summed E-state index contributed by atoms with van der Waals surface area (Å²) in [4.78, 5) is 4.43. The normalized spacial score (nSPS) is 12.7. The molecule has 0 aliphatic heterocycles. The Morgan fingerprint density at radius 1 is 1.24 bits per heavy atom. The summed E-state index contributed by atoms with van der Waals surface area (Å²) in [5, 5.41) is 11.9. The second-order valence-electron chi connectivity index (χ2n) is 5.11. The quantitative estimate of drug-likeness (QED) is 0.781. The lowest BCUT2D eigenvalue weighted by atomic mass is 10.1. The predicted octanol–water partition coefficient (Wildman–Crippen LogP) is 2.88. The number of hydrogen-bond donors (Lipinski definition) is 1. The molecule has 1 aromatic carbocycles. The SMILES string of the molecule is CCCNC(C)c1ccnc(-n2nnc3ccccc32)c1. The van der Waals surface area contributed by atoms with Gasteiger partial charge < -0.3 is 5.32 Å². The van der Waals surface area contributed by atoms with Crippen molar-refractivity contribution in [2.24, 2.45) is 0 Å². The summed E-state index contributed by atoms with van der Waals surface area (Å²) in [6.45, 7) is 5.33. The van der Waals surface area contributed by atoms with Crippen LogP contribution in [0.1, 0.15) is 31.9 Å². The van der Waals surface area contributed by atoms with Crippen LogP contribution in [0.5, 0.6) is 0 Å². The molecular weight excluding hydrogens is 262 g/mol. The van der Waals surface area contributed by atoms with Crippen molar-refractivity contribution in [2.45, 2.75) is 26.3 Å². The molecular formula is C16H19N5. The van der Waals surface area contributed by atoms with E-state index in [4.69, 9.17) is 0 Å². The molecule has 1 unspecified atom stereocenters. The summed E-state index contributed by atoms with van der Waals surface area (Å²) in [6.07, 6.45) is 2.95. The van der Waals surface area contributed by atoms with Gasteiger partial charge in [-0.25, -0.2) is 4.98 Å². The molecule has 1 atom stereocenters. The average molecular weight is 281 g/mol. The van der Waals surface area contributed by atoms with E-state index in [1.807, 2.05) is 36.5 Å². The smallest absolute Gasteiger partial charge is 0.156 e. The van der Waals surface area contributed by atoms with E-state index in [9.17, 15) is 0 Å². The standard InChI is InChI=1S/C16H19N5/c1-3-9-17-12(2)13-8-10-18-16(11-13)21-15-7-5-4-6-14(15)19-20-21/h4-8,10-12,17H,3,9H2,1-2H3. The zero-order valence-corrected chi connectivity index (χ0v) is 12.3. The molecule has 5 heteroatoms. The number of aromatic nitrogens is 4. The van der Waals surface area contributed by atoms with Gasteiger partial charge in [-0.15, -0.1) is 5.10 Å². The Balaban J connectivity index is 1.96. The molecule has 0 fully saturated rings. The van der Waals surface area contributed by atoms with E-state index in [2.05, 4.69) is 40.5 Å². The third-order valence-corrected chi connectivity index (χ3v) is 3.54. The maximum atomic E-state index is 4.43. The molecule has 0 aliphatic carbocycles. The molecule has 3 rings (SSSR count). The summed E-state index contributed by atoms with van der Waals surface area (Å²) in [6, 6.07) is 12.3. The number of benzene rings is 1. The van der Waals surface area contributed by atoms with E-state index >= 15 is 0 Å². The molecule has 0 bridgehead atoms. The van der Waals surface area contributed by atoms with Crippen LogP contribution in [0.25, 0.3) is 16.9 Å². The van der Waals surface area contributed by atoms with Gasteiger partial charge in [0.1, 0.15) is 5.52 Å². The van der Waals surface area contributed by atoms with Crippen molar-refractivity contribution < 1.29 is 0 Å². The van der Waals surface area contributed by atoms with E-state index in [1.54, 1.807) is 4.68 Å². The van der Waals surface area contributed by atoms with Crippen LogP contribution >= 0.6 is 0 Å². The summed E-state index contributed by atoms with van der Waals surface area (Å²) in [7, 11) is 0. The zero-order chi connectivity index (χ0) is 14.7. The molecule has 3 aromatic rings. The second-order valence-corrected chi connectivity index (χ2v) is 5.11. The largest absolute Gasteiger partial charge is 0.310 e. The molecule has 0 aliphatic rings. The van der Waals surface area contributed by atoms with Gasteiger partial charge in [-0.2, -0.15) is 4.68 Å². The van der Waals surface area contributed by atoms with Crippen molar-refractivity contribution in [2.75, 3.05) is 6.54 Å². The van der Waals surface area contributed by atoms with Gasteiger partial charge in [0.05, 0.1) is 5.52 Å². The maximum absolute atomic E-state index is 4.43. The average Bonchev–Trinajstić information content (AvgIpc) is 2.97. The summed E-state index contributed by atoms with van der Waals surface area (Å²) >= 11 is 0. The molecule has 0 saturated carbocycles. The first-order chi connectivity index (χ1) is 10.3. The van der Waals surface area contributed by atoms with E-state index in [0.717, 1.165) is 29.8 Å². The Labute approximate surface area is 124 Å². The predicted molar refractivity (Wildman–Crippen MR) is 83.4 cm³/mol. The first-order valence-electron chi connectivity index (χ1n) is 7.29. The lowest BCUT2D eigenvalue weighted by molar-refractivity contribution is 0.569. The number of pyridine rings is 1. The molecule has 0 amide bonds. The van der Waals surface area contributed by atoms with Crippen molar-refractivity contribution >= 4 is 11.0 Å². The minimum absolute atomic E-state index is 0.293. The van der Waals surface area contributed by atoms with Gasteiger partial charge in [0, 0.05) is 12.2 Å². The van der Waals surface area contributed by atoms with Gasteiger partial charge in [-0.3, -0.25) is 0 Å². The number of nitrogens with one attached hydrogen (secondary N) is 1. The molecule has 2 aromatic heterocycles. The van der Waals surface area contributed by atoms with Gasteiger partial charge in [-0.05, 0) is 49.7 Å². The topological polar surface area (TPSA) is 55.6 Å². The van der Waals surface area contributed by atoms with Gasteiger partial charge in [0.15, 0.2) is 5.82 Å². The lowest BCUT2D eigenvalue weighted by Crippen LogP contribution is -2.19. The minimum atomic E-state index is 0.293. The highest BCUT2D eigenvalue weighted by Gasteiger charge is 2.10. The first-order valence-corrected chi connectivity index (χ1v) is 7.29. The number of fused-ring (bicyclic) bond motifs is 1. The van der Waals surface area contributed by atoms with Crippen LogP contribution in [0, 0.1) is 0 Å². The molecule has 1 N–H and O–H groups in total. The Morgan fingerprint density at radius 3 is 2.95 bits per heavy atom. The number of nitrogens with zero attached hydrogens (tertiary/aromatic N) is 4. The fourth-order valence-corrected chi connectivity index (χ4v) is 2.34. The van der Waals surface area contributed by atoms with Crippen molar-refractivity contribution in [1.29, 1.82) is 0 Å². The Hall–Kier alpha value is -2.27. The highest BCUT2D eigenvalue weighted by molar-refractivity contribution is 5.75. The van der Waals surface area contributed by atoms with Crippen molar-refractivity contribution in [3.8, 4) is 5.82 Å². The van der Waals surface area contributed by atoms with Crippen LogP contribution in [0.15, 0.2) is 42.6 Å². The summed E-state index contributed by atoms with van der Waals surface area (Å²) in [5.74, 6) is 0.798. The highest BCUT2D eigenvalue weighted by Crippen LogP contribution is 2.18. The van der Waals surface area contributed by atoms with Crippen molar-refractivity contribution in [1.82, 2.24) is 25.3 Å². The van der Waals surface area contributed by atoms with Crippen LogP contribution in [0.4, 0.5) is 0 Å². The summed E-state index contributed by atoms with van der Waals surface area (Å²) < 4.78 is 1.78. The van der Waals surface area contributed by atoms with E-state index in [-0.39, 0.29) is 0 Å². The van der Waals surface area contributed by atoms with Crippen LogP contribution in [-0.4, -0.2) is 26.5 Å². The molecule has 21 heavy (non-hydrogen) atoms. The second kappa shape index (κ2) is 6.01. The van der Waals surface area contributed by atoms with Gasteiger partial charge in [0.25, 0.3) is 0 Å². The first kappa shape index (κ1) is 13.7. The molecule has 2 heterocycles. The van der Waals surface area contributed by atoms with E-state index < -0.39 is 0 Å². The van der Waals surface area contributed by atoms with E-state index in [1.165, 1.54) is 5.56 Å². The maximum Gasteiger partial charge on any atom is 0.156 e. The third kappa shape index (κ3) is 2.78. The zero-order valence-electron chi connectivity index (χ0n) is 12.3. The van der Waals surface area contributed by atoms with Crippen molar-refractivity contribution in [3.05, 3.63) is 48.2 Å². The molecule has 5 nitrogen and oxygen atoms in total. The number of para-hydroxylation sites is 1. The minimum Gasteiger partial charge on any atom is -0.310 e. The van der Waals surface area contributed by atoms with Crippen molar-refractivity contribution in [3.63, 3.8) is 0 Å². The fourth-order valence-electron chi connectivity index (χ4n) is 2.34. The Morgan fingerprint density at radius 2 is 2.10 bits per heavy atom. The van der Waals surface area contributed by atoms with Gasteiger partial charge >= 0.3 is 0 Å². The van der Waals surface area contributed by atoms with E-state index in [0.29, 0.717) is 6.04 Å². The monoisotopic (exact) mass is 281 g/mol.